The van der Waals surface area contributed by atoms with Gasteiger partial charge in [-0.1, -0.05) is 6.92 Å². The average molecular weight is 249 g/mol. The second-order valence-electron chi connectivity index (χ2n) is 3.34. The Morgan fingerprint density at radius 3 is 2.75 bits per heavy atom. The van der Waals surface area contributed by atoms with Crippen LogP contribution < -0.4 is 5.32 Å². The lowest BCUT2D eigenvalue weighted by molar-refractivity contribution is 0.547. The molecule has 1 aromatic heterocycles. The van der Waals surface area contributed by atoms with Crippen LogP contribution in [0.2, 0.25) is 0 Å². The smallest absolute Gasteiger partial charge is 0.184 e. The molecule has 68 valence electrons. The number of nitrogens with one attached hydrogen (secondary N) is 1. The SMILES string of the molecule is CCC(C)(C)Nc1nc(Br)cs1. The summed E-state index contributed by atoms with van der Waals surface area (Å²) >= 11 is 4.94. The Kier molecular flexibility index (Phi) is 3.12. The quantitative estimate of drug-likeness (QED) is 0.886. The molecule has 0 aromatic carbocycles. The minimum Gasteiger partial charge on any atom is -0.357 e. The van der Waals surface area contributed by atoms with Gasteiger partial charge in [-0.2, -0.15) is 0 Å². The molecular weight excluding hydrogens is 236 g/mol. The molecule has 1 heterocycles. The van der Waals surface area contributed by atoms with Crippen molar-refractivity contribution in [2.24, 2.45) is 0 Å². The van der Waals surface area contributed by atoms with E-state index in [0.717, 1.165) is 16.2 Å². The van der Waals surface area contributed by atoms with E-state index in [2.05, 4.69) is 47.0 Å². The second-order valence-corrected chi connectivity index (χ2v) is 5.01. The zero-order valence-corrected chi connectivity index (χ0v) is 9.92. The van der Waals surface area contributed by atoms with Gasteiger partial charge in [0.05, 0.1) is 0 Å². The summed E-state index contributed by atoms with van der Waals surface area (Å²) in [5.74, 6) is 0. The lowest BCUT2D eigenvalue weighted by atomic mass is 10.0. The molecule has 0 atom stereocenters. The van der Waals surface area contributed by atoms with E-state index in [1.54, 1.807) is 11.3 Å². The predicted octanol–water partition coefficient (Wildman–Crippen LogP) is 3.51. The number of nitrogens with zero attached hydrogens (tertiary/aromatic N) is 1. The van der Waals surface area contributed by atoms with Crippen LogP contribution in [0.15, 0.2) is 9.98 Å². The van der Waals surface area contributed by atoms with Gasteiger partial charge in [0.25, 0.3) is 0 Å². The summed E-state index contributed by atoms with van der Waals surface area (Å²) in [6.07, 6.45) is 1.09. The van der Waals surface area contributed by atoms with Crippen LogP contribution in [-0.4, -0.2) is 10.5 Å². The Balaban J connectivity index is 2.63. The van der Waals surface area contributed by atoms with E-state index in [1.165, 1.54) is 0 Å². The van der Waals surface area contributed by atoms with E-state index in [4.69, 9.17) is 0 Å². The summed E-state index contributed by atoms with van der Waals surface area (Å²) in [4.78, 5) is 4.27. The Labute approximate surface area is 85.5 Å². The lowest BCUT2D eigenvalue weighted by Crippen LogP contribution is -2.29. The average Bonchev–Trinajstić information content (AvgIpc) is 2.35. The highest BCUT2D eigenvalue weighted by atomic mass is 79.9. The highest BCUT2D eigenvalue weighted by Gasteiger charge is 2.15. The topological polar surface area (TPSA) is 24.9 Å². The Bertz CT molecular complexity index is 257. The maximum Gasteiger partial charge on any atom is 0.184 e. The molecule has 0 bridgehead atoms. The van der Waals surface area contributed by atoms with Crippen LogP contribution in [0.4, 0.5) is 5.13 Å². The molecule has 0 aliphatic rings. The van der Waals surface area contributed by atoms with E-state index < -0.39 is 0 Å². The molecule has 1 aromatic rings. The van der Waals surface area contributed by atoms with Crippen molar-refractivity contribution in [3.63, 3.8) is 0 Å². The van der Waals surface area contributed by atoms with Crippen molar-refractivity contribution >= 4 is 32.4 Å². The van der Waals surface area contributed by atoms with Crippen molar-refractivity contribution in [2.75, 3.05) is 5.32 Å². The maximum absolute atomic E-state index is 4.27. The lowest BCUT2D eigenvalue weighted by Gasteiger charge is -2.23. The van der Waals surface area contributed by atoms with Gasteiger partial charge in [0.2, 0.25) is 0 Å². The van der Waals surface area contributed by atoms with Gasteiger partial charge in [0, 0.05) is 10.9 Å². The first kappa shape index (κ1) is 9.99. The van der Waals surface area contributed by atoms with Gasteiger partial charge in [0.1, 0.15) is 4.60 Å². The number of aromatic nitrogens is 1. The van der Waals surface area contributed by atoms with Gasteiger partial charge in [-0.3, -0.25) is 0 Å². The fraction of sp³-hybridized carbons (Fsp3) is 0.625. The summed E-state index contributed by atoms with van der Waals surface area (Å²) in [5, 5.41) is 6.33. The number of anilines is 1. The molecule has 0 amide bonds. The zero-order chi connectivity index (χ0) is 9.19. The van der Waals surface area contributed by atoms with Gasteiger partial charge in [-0.15, -0.1) is 11.3 Å². The summed E-state index contributed by atoms with van der Waals surface area (Å²) in [5.41, 5.74) is 0.136. The van der Waals surface area contributed by atoms with Gasteiger partial charge in [-0.05, 0) is 36.2 Å². The third-order valence-electron chi connectivity index (χ3n) is 1.81. The van der Waals surface area contributed by atoms with Crippen LogP contribution in [0.3, 0.4) is 0 Å². The van der Waals surface area contributed by atoms with Gasteiger partial charge in [0.15, 0.2) is 5.13 Å². The number of hydrogen-bond acceptors (Lipinski definition) is 3. The van der Waals surface area contributed by atoms with Crippen molar-refractivity contribution in [3.8, 4) is 0 Å². The zero-order valence-electron chi connectivity index (χ0n) is 7.52. The van der Waals surface area contributed by atoms with Crippen LogP contribution in [0, 0.1) is 0 Å². The highest BCUT2D eigenvalue weighted by Crippen LogP contribution is 2.23. The van der Waals surface area contributed by atoms with Crippen LogP contribution in [0.1, 0.15) is 27.2 Å². The van der Waals surface area contributed by atoms with Crippen LogP contribution in [0.5, 0.6) is 0 Å². The Morgan fingerprint density at radius 1 is 1.67 bits per heavy atom. The van der Waals surface area contributed by atoms with Gasteiger partial charge < -0.3 is 5.32 Å². The van der Waals surface area contributed by atoms with Crippen molar-refractivity contribution in [3.05, 3.63) is 9.98 Å². The first-order valence-electron chi connectivity index (χ1n) is 3.93. The predicted molar refractivity (Wildman–Crippen MR) is 57.8 cm³/mol. The van der Waals surface area contributed by atoms with Crippen molar-refractivity contribution in [1.82, 2.24) is 4.98 Å². The largest absolute Gasteiger partial charge is 0.357 e. The molecule has 0 aliphatic heterocycles. The molecule has 12 heavy (non-hydrogen) atoms. The number of rotatable bonds is 3. The monoisotopic (exact) mass is 248 g/mol. The van der Waals surface area contributed by atoms with E-state index in [9.17, 15) is 0 Å². The molecule has 0 unspecified atom stereocenters. The molecule has 0 aliphatic carbocycles. The summed E-state index contributed by atoms with van der Waals surface area (Å²) < 4.78 is 0.905. The van der Waals surface area contributed by atoms with Crippen LogP contribution in [0.25, 0.3) is 0 Å². The number of halogens is 1. The minimum absolute atomic E-state index is 0.136. The molecule has 1 N–H and O–H groups in total. The first-order valence-corrected chi connectivity index (χ1v) is 5.60. The van der Waals surface area contributed by atoms with E-state index in [1.807, 2.05) is 5.38 Å². The van der Waals surface area contributed by atoms with Gasteiger partial charge >= 0.3 is 0 Å². The van der Waals surface area contributed by atoms with Crippen molar-refractivity contribution < 1.29 is 0 Å². The normalized spacial score (nSPS) is 11.7. The molecule has 0 radical (unpaired) electrons. The minimum atomic E-state index is 0.136. The van der Waals surface area contributed by atoms with Crippen molar-refractivity contribution in [1.29, 1.82) is 0 Å². The Morgan fingerprint density at radius 2 is 2.33 bits per heavy atom. The second kappa shape index (κ2) is 3.75. The number of thiazole rings is 1. The molecule has 4 heteroatoms. The molecule has 2 nitrogen and oxygen atoms in total. The van der Waals surface area contributed by atoms with E-state index >= 15 is 0 Å². The Hall–Kier alpha value is -0.0900. The van der Waals surface area contributed by atoms with Crippen molar-refractivity contribution in [2.45, 2.75) is 32.7 Å². The molecule has 0 saturated carbocycles. The molecule has 0 saturated heterocycles. The summed E-state index contributed by atoms with van der Waals surface area (Å²) in [6.45, 7) is 6.50. The molecular formula is C8H13BrN2S. The van der Waals surface area contributed by atoms with E-state index in [-0.39, 0.29) is 5.54 Å². The summed E-state index contributed by atoms with van der Waals surface area (Å²) in [6, 6.07) is 0. The standard InChI is InChI=1S/C8H13BrN2S/c1-4-8(2,3)11-7-10-6(9)5-12-7/h5H,4H2,1-3H3,(H,10,11). The molecule has 0 fully saturated rings. The number of hydrogen-bond donors (Lipinski definition) is 1. The first-order chi connectivity index (χ1) is 5.53. The molecule has 0 spiro atoms. The highest BCUT2D eigenvalue weighted by molar-refractivity contribution is 9.10. The third-order valence-corrected chi connectivity index (χ3v) is 3.27. The fourth-order valence-electron chi connectivity index (χ4n) is 0.689. The summed E-state index contributed by atoms with van der Waals surface area (Å²) in [7, 11) is 0. The van der Waals surface area contributed by atoms with E-state index in [0.29, 0.717) is 0 Å². The van der Waals surface area contributed by atoms with Crippen LogP contribution in [-0.2, 0) is 0 Å². The maximum atomic E-state index is 4.27. The molecule has 1 rings (SSSR count). The van der Waals surface area contributed by atoms with Gasteiger partial charge in [-0.25, -0.2) is 4.98 Å². The third kappa shape index (κ3) is 2.75. The van der Waals surface area contributed by atoms with Crippen LogP contribution >= 0.6 is 27.3 Å². The fourth-order valence-corrected chi connectivity index (χ4v) is 2.01.